The third kappa shape index (κ3) is 2.84. The van der Waals surface area contributed by atoms with E-state index in [4.69, 9.17) is 4.42 Å². The Hall–Kier alpha value is -1.29. The minimum Gasteiger partial charge on any atom is -0.459 e. The molecule has 0 bridgehead atoms. The number of piperidine rings is 1. The number of rotatable bonds is 2. The lowest BCUT2D eigenvalue weighted by molar-refractivity contribution is 0.0865. The van der Waals surface area contributed by atoms with Gasteiger partial charge in [0.1, 0.15) is 0 Å². The van der Waals surface area contributed by atoms with Gasteiger partial charge in [-0.1, -0.05) is 19.3 Å². The molecule has 1 atom stereocenters. The van der Waals surface area contributed by atoms with Crippen molar-refractivity contribution in [3.63, 3.8) is 0 Å². The quantitative estimate of drug-likeness (QED) is 0.861. The predicted octanol–water partition coefficient (Wildman–Crippen LogP) is 2.46. The second-order valence-electron chi connectivity index (χ2n) is 5.91. The molecular formula is C15H22N2O2. The summed E-state index contributed by atoms with van der Waals surface area (Å²) in [5.74, 6) is 0.332. The molecule has 2 N–H and O–H groups in total. The second kappa shape index (κ2) is 5.37. The largest absolute Gasteiger partial charge is 0.459 e. The van der Waals surface area contributed by atoms with Crippen molar-refractivity contribution < 1.29 is 9.21 Å². The average Bonchev–Trinajstić information content (AvgIpc) is 2.93. The van der Waals surface area contributed by atoms with Gasteiger partial charge in [-0.25, -0.2) is 0 Å². The molecule has 19 heavy (non-hydrogen) atoms. The highest BCUT2D eigenvalue weighted by atomic mass is 16.3. The Balaban J connectivity index is 1.60. The maximum Gasteiger partial charge on any atom is 0.287 e. The van der Waals surface area contributed by atoms with Gasteiger partial charge in [0.25, 0.3) is 5.91 Å². The van der Waals surface area contributed by atoms with Crippen molar-refractivity contribution in [3.8, 4) is 0 Å². The van der Waals surface area contributed by atoms with Crippen LogP contribution in [0.5, 0.6) is 0 Å². The van der Waals surface area contributed by atoms with Crippen molar-refractivity contribution in [2.75, 3.05) is 6.54 Å². The van der Waals surface area contributed by atoms with Gasteiger partial charge in [0, 0.05) is 11.6 Å². The lowest BCUT2D eigenvalue weighted by Gasteiger charge is -2.44. The number of furan rings is 1. The van der Waals surface area contributed by atoms with Crippen molar-refractivity contribution in [1.29, 1.82) is 0 Å². The van der Waals surface area contributed by atoms with Gasteiger partial charge < -0.3 is 15.1 Å². The third-order valence-electron chi connectivity index (χ3n) is 4.52. The van der Waals surface area contributed by atoms with Crippen molar-refractivity contribution in [2.24, 2.45) is 0 Å². The zero-order valence-electron chi connectivity index (χ0n) is 11.3. The summed E-state index contributed by atoms with van der Waals surface area (Å²) in [7, 11) is 0. The van der Waals surface area contributed by atoms with E-state index in [0.29, 0.717) is 5.76 Å². The van der Waals surface area contributed by atoms with Gasteiger partial charge in [-0.05, 0) is 44.4 Å². The van der Waals surface area contributed by atoms with Gasteiger partial charge in [0.15, 0.2) is 5.76 Å². The molecule has 2 fully saturated rings. The van der Waals surface area contributed by atoms with E-state index < -0.39 is 0 Å². The van der Waals surface area contributed by atoms with Gasteiger partial charge >= 0.3 is 0 Å². The van der Waals surface area contributed by atoms with Crippen LogP contribution in [0.25, 0.3) is 0 Å². The summed E-state index contributed by atoms with van der Waals surface area (Å²) >= 11 is 0. The van der Waals surface area contributed by atoms with Crippen LogP contribution >= 0.6 is 0 Å². The van der Waals surface area contributed by atoms with E-state index in [2.05, 4.69) is 10.6 Å². The van der Waals surface area contributed by atoms with Crippen molar-refractivity contribution in [1.82, 2.24) is 10.6 Å². The molecule has 1 aromatic heterocycles. The van der Waals surface area contributed by atoms with E-state index >= 15 is 0 Å². The topological polar surface area (TPSA) is 54.3 Å². The molecule has 1 unspecified atom stereocenters. The van der Waals surface area contributed by atoms with Crippen LogP contribution < -0.4 is 10.6 Å². The number of amides is 1. The molecule has 1 aliphatic heterocycles. The van der Waals surface area contributed by atoms with Crippen LogP contribution in [0.2, 0.25) is 0 Å². The van der Waals surface area contributed by atoms with Crippen LogP contribution in [-0.2, 0) is 0 Å². The van der Waals surface area contributed by atoms with Crippen molar-refractivity contribution >= 4 is 5.91 Å². The molecule has 4 nitrogen and oxygen atoms in total. The minimum atomic E-state index is -0.0807. The molecule has 2 heterocycles. The Bertz CT molecular complexity index is 416. The van der Waals surface area contributed by atoms with Gasteiger partial charge in [0.05, 0.1) is 6.26 Å². The summed E-state index contributed by atoms with van der Waals surface area (Å²) in [4.78, 5) is 12.0. The van der Waals surface area contributed by atoms with Gasteiger partial charge in [-0.15, -0.1) is 0 Å². The van der Waals surface area contributed by atoms with E-state index in [9.17, 15) is 4.79 Å². The lowest BCUT2D eigenvalue weighted by atomic mass is 9.75. The Kier molecular flexibility index (Phi) is 3.60. The Morgan fingerprint density at radius 2 is 2.21 bits per heavy atom. The zero-order valence-corrected chi connectivity index (χ0v) is 11.3. The smallest absolute Gasteiger partial charge is 0.287 e. The maximum absolute atomic E-state index is 12.0. The molecule has 2 aliphatic rings. The number of nitrogens with one attached hydrogen (secondary N) is 2. The van der Waals surface area contributed by atoms with Crippen LogP contribution in [0, 0.1) is 0 Å². The van der Waals surface area contributed by atoms with Crippen LogP contribution in [0.1, 0.15) is 55.5 Å². The third-order valence-corrected chi connectivity index (χ3v) is 4.52. The van der Waals surface area contributed by atoms with Crippen LogP contribution in [-0.4, -0.2) is 24.0 Å². The highest BCUT2D eigenvalue weighted by molar-refractivity contribution is 5.91. The van der Waals surface area contributed by atoms with Crippen LogP contribution in [0.15, 0.2) is 22.8 Å². The first-order valence-electron chi connectivity index (χ1n) is 7.37. The molecule has 1 aliphatic carbocycles. The first kappa shape index (κ1) is 12.7. The highest BCUT2D eigenvalue weighted by Crippen LogP contribution is 2.34. The average molecular weight is 262 g/mol. The van der Waals surface area contributed by atoms with E-state index in [1.165, 1.54) is 32.1 Å². The fraction of sp³-hybridized carbons (Fsp3) is 0.667. The van der Waals surface area contributed by atoms with Gasteiger partial charge in [0.2, 0.25) is 0 Å². The Morgan fingerprint density at radius 1 is 1.37 bits per heavy atom. The number of hydrogen-bond acceptors (Lipinski definition) is 3. The monoisotopic (exact) mass is 262 g/mol. The second-order valence-corrected chi connectivity index (χ2v) is 5.91. The molecule has 0 radical (unpaired) electrons. The molecule has 4 heteroatoms. The summed E-state index contributed by atoms with van der Waals surface area (Å²) in [6.45, 7) is 1.00. The summed E-state index contributed by atoms with van der Waals surface area (Å²) < 4.78 is 5.15. The number of carbonyl (C=O) groups is 1. The molecular weight excluding hydrogens is 240 g/mol. The van der Waals surface area contributed by atoms with E-state index in [1.54, 1.807) is 18.4 Å². The predicted molar refractivity (Wildman–Crippen MR) is 73.0 cm³/mol. The fourth-order valence-corrected chi connectivity index (χ4v) is 3.55. The molecule has 3 rings (SSSR count). The van der Waals surface area contributed by atoms with E-state index in [0.717, 1.165) is 19.4 Å². The van der Waals surface area contributed by atoms with Crippen LogP contribution in [0.4, 0.5) is 0 Å². The molecule has 1 saturated carbocycles. The van der Waals surface area contributed by atoms with Crippen LogP contribution in [0.3, 0.4) is 0 Å². The minimum absolute atomic E-state index is 0.0807. The molecule has 1 aromatic rings. The highest BCUT2D eigenvalue weighted by Gasteiger charge is 2.37. The lowest BCUT2D eigenvalue weighted by Crippen LogP contribution is -2.57. The Labute approximate surface area is 113 Å². The van der Waals surface area contributed by atoms with Gasteiger partial charge in [-0.3, -0.25) is 4.79 Å². The van der Waals surface area contributed by atoms with Crippen molar-refractivity contribution in [2.45, 2.75) is 56.5 Å². The number of carbonyl (C=O) groups excluding carboxylic acids is 1. The summed E-state index contributed by atoms with van der Waals surface area (Å²) in [5, 5.41) is 6.82. The zero-order chi connectivity index (χ0) is 13.1. The first-order valence-corrected chi connectivity index (χ1v) is 7.37. The maximum atomic E-state index is 12.0. The SMILES string of the molecule is O=C(NC1CCNC2(CCCCC2)C1)c1ccco1. The molecule has 1 spiro atoms. The molecule has 1 amide bonds. The summed E-state index contributed by atoms with van der Waals surface area (Å²) in [6.07, 6.45) is 10.1. The standard InChI is InChI=1S/C15H22N2O2/c18-14(13-5-4-10-19-13)17-12-6-9-16-15(11-12)7-2-1-3-8-15/h4-5,10,12,16H,1-3,6-9,11H2,(H,17,18). The molecule has 1 saturated heterocycles. The normalized spacial score (nSPS) is 26.2. The van der Waals surface area contributed by atoms with Crippen molar-refractivity contribution in [3.05, 3.63) is 24.2 Å². The van der Waals surface area contributed by atoms with Gasteiger partial charge in [-0.2, -0.15) is 0 Å². The number of hydrogen-bond donors (Lipinski definition) is 2. The fourth-order valence-electron chi connectivity index (χ4n) is 3.55. The summed E-state index contributed by atoms with van der Waals surface area (Å²) in [5.41, 5.74) is 0.275. The first-order chi connectivity index (χ1) is 9.27. The molecule has 0 aromatic carbocycles. The van der Waals surface area contributed by atoms with E-state index in [-0.39, 0.29) is 17.5 Å². The Morgan fingerprint density at radius 3 is 2.95 bits per heavy atom. The van der Waals surface area contributed by atoms with E-state index in [1.807, 2.05) is 0 Å². The summed E-state index contributed by atoms with van der Waals surface area (Å²) in [6, 6.07) is 3.74. The molecule has 104 valence electrons.